The van der Waals surface area contributed by atoms with E-state index in [2.05, 4.69) is 77.9 Å². The second-order valence-electron chi connectivity index (χ2n) is 16.9. The van der Waals surface area contributed by atoms with Gasteiger partial charge >= 0.3 is 5.89 Å². The first-order valence-corrected chi connectivity index (χ1v) is 24.0. The molecule has 0 saturated heterocycles. The van der Waals surface area contributed by atoms with Gasteiger partial charge in [0.1, 0.15) is 6.08 Å². The van der Waals surface area contributed by atoms with Crippen LogP contribution in [-0.2, 0) is 6.54 Å². The Bertz CT molecular complexity index is 1410. The molecule has 0 amide bonds. The van der Waals surface area contributed by atoms with Crippen molar-refractivity contribution in [1.29, 1.82) is 0 Å². The average molecular weight is 756 g/mol. The van der Waals surface area contributed by atoms with Crippen LogP contribution in [0.1, 0.15) is 225 Å². The van der Waals surface area contributed by atoms with E-state index in [1.54, 1.807) is 0 Å². The maximum Gasteiger partial charge on any atom is 0.379 e. The largest absolute Gasteiger partial charge is 0.438 e. The third kappa shape index (κ3) is 17.9. The highest BCUT2D eigenvalue weighted by Gasteiger charge is 2.29. The van der Waals surface area contributed by atoms with Gasteiger partial charge in [-0.2, -0.15) is 4.57 Å². The number of para-hydroxylation sites is 4. The molecule has 308 valence electrons. The number of nitrogens with zero attached hydrogens (tertiary/aromatic N) is 2. The van der Waals surface area contributed by atoms with Crippen LogP contribution in [0.4, 0.5) is 5.69 Å². The molecule has 4 nitrogen and oxygen atoms in total. The van der Waals surface area contributed by atoms with E-state index in [0.29, 0.717) is 0 Å². The Balaban J connectivity index is 1.14. The van der Waals surface area contributed by atoms with Gasteiger partial charge in [0.05, 0.1) is 5.69 Å². The van der Waals surface area contributed by atoms with Crippen LogP contribution in [0.25, 0.3) is 17.2 Å². The number of unbranched alkanes of at least 4 members (excludes halogenated alkanes) is 30. The molecule has 0 unspecified atom stereocenters. The number of oxazole rings is 1. The number of ether oxygens (including phenoxy) is 1. The molecule has 4 rings (SSSR count). The number of anilines is 1. The van der Waals surface area contributed by atoms with Gasteiger partial charge in [0.25, 0.3) is 5.52 Å². The lowest BCUT2D eigenvalue weighted by molar-refractivity contribution is -0.678. The van der Waals surface area contributed by atoms with Crippen LogP contribution in [0.15, 0.2) is 58.8 Å². The zero-order valence-electron chi connectivity index (χ0n) is 35.9. The molecule has 0 aliphatic carbocycles. The molecule has 4 heteroatoms. The molecule has 1 aromatic heterocycles. The summed E-state index contributed by atoms with van der Waals surface area (Å²) in [5, 5.41) is 0. The van der Waals surface area contributed by atoms with Gasteiger partial charge in [-0.3, -0.25) is 0 Å². The molecule has 0 spiro atoms. The molecule has 2 aromatic carbocycles. The smallest absolute Gasteiger partial charge is 0.379 e. The highest BCUT2D eigenvalue weighted by molar-refractivity contribution is 5.72. The molecule has 3 aromatic rings. The van der Waals surface area contributed by atoms with Crippen LogP contribution in [0.3, 0.4) is 0 Å². The molecule has 0 N–H and O–H groups in total. The second kappa shape index (κ2) is 29.5. The maximum atomic E-state index is 6.50. The minimum atomic E-state index is 0.891. The Labute approximate surface area is 338 Å². The first kappa shape index (κ1) is 45.0. The fourth-order valence-corrected chi connectivity index (χ4v) is 8.52. The van der Waals surface area contributed by atoms with Gasteiger partial charge < -0.3 is 14.1 Å². The van der Waals surface area contributed by atoms with Crippen molar-refractivity contribution in [2.75, 3.05) is 11.4 Å². The highest BCUT2D eigenvalue weighted by Crippen LogP contribution is 2.39. The SMILES string of the molecule is CCCCCCCCCCCCCCCCCCN1C(=Cc2oc3ccccc3[n+]2CCCCCCCCCCCCCCCCCC)Oc2ccccc21. The standard InChI is InChI=1S/C51H83N2O2/c1-3-5-7-9-11-13-15-17-19-21-23-25-27-29-31-37-43-52-46-39-33-35-41-48(46)54-50(52)45-51-53(47-40-34-36-42-49(47)55-51)44-38-32-30-28-26-24-22-20-18-16-14-12-10-8-6-4-2/h33-36,39-42,45H,3-32,37-38,43-44H2,1-2H3/q+1. The predicted molar refractivity (Wildman–Crippen MR) is 238 cm³/mol. The summed E-state index contributed by atoms with van der Waals surface area (Å²) in [6.45, 7) is 6.55. The minimum absolute atomic E-state index is 0.891. The first-order chi connectivity index (χ1) is 27.3. The maximum absolute atomic E-state index is 6.50. The van der Waals surface area contributed by atoms with E-state index in [1.165, 1.54) is 217 Å². The molecule has 0 bridgehead atoms. The van der Waals surface area contributed by atoms with Crippen molar-refractivity contribution in [1.82, 2.24) is 0 Å². The lowest BCUT2D eigenvalue weighted by Crippen LogP contribution is -2.35. The van der Waals surface area contributed by atoms with E-state index < -0.39 is 0 Å². The molecule has 0 radical (unpaired) electrons. The van der Waals surface area contributed by atoms with Gasteiger partial charge in [-0.15, -0.1) is 0 Å². The Hall–Kier alpha value is -2.75. The summed E-state index contributed by atoms with van der Waals surface area (Å²) in [6.07, 6.45) is 46.6. The monoisotopic (exact) mass is 756 g/mol. The van der Waals surface area contributed by atoms with Gasteiger partial charge in [0, 0.05) is 19.0 Å². The molecule has 0 atom stereocenters. The van der Waals surface area contributed by atoms with E-state index in [0.717, 1.165) is 36.2 Å². The number of rotatable bonds is 35. The summed E-state index contributed by atoms with van der Waals surface area (Å²) < 4.78 is 15.4. The van der Waals surface area contributed by atoms with Crippen LogP contribution in [-0.4, -0.2) is 6.54 Å². The zero-order valence-corrected chi connectivity index (χ0v) is 35.9. The number of aryl methyl sites for hydroxylation is 1. The van der Waals surface area contributed by atoms with Gasteiger partial charge in [0.2, 0.25) is 11.5 Å². The third-order valence-electron chi connectivity index (χ3n) is 12.0. The lowest BCUT2D eigenvalue weighted by Gasteiger charge is -2.17. The van der Waals surface area contributed by atoms with Crippen LogP contribution in [0, 0.1) is 0 Å². The molecule has 55 heavy (non-hydrogen) atoms. The summed E-state index contributed by atoms with van der Waals surface area (Å²) in [6, 6.07) is 17.0. The molecule has 0 fully saturated rings. The van der Waals surface area contributed by atoms with Gasteiger partial charge in [-0.25, -0.2) is 0 Å². The Morgan fingerprint density at radius 1 is 0.473 bits per heavy atom. The van der Waals surface area contributed by atoms with Crippen LogP contribution in [0.5, 0.6) is 5.75 Å². The Kier molecular flexibility index (Phi) is 24.1. The number of aromatic nitrogens is 1. The number of benzene rings is 2. The summed E-state index contributed by atoms with van der Waals surface area (Å²) in [5.41, 5.74) is 3.30. The first-order valence-electron chi connectivity index (χ1n) is 24.0. The van der Waals surface area contributed by atoms with E-state index in [-0.39, 0.29) is 0 Å². The molecule has 0 saturated carbocycles. The van der Waals surface area contributed by atoms with E-state index >= 15 is 0 Å². The number of fused-ring (bicyclic) bond motifs is 2. The van der Waals surface area contributed by atoms with Crippen LogP contribution < -0.4 is 14.2 Å². The second-order valence-corrected chi connectivity index (χ2v) is 16.9. The van der Waals surface area contributed by atoms with E-state index in [1.807, 2.05) is 0 Å². The Morgan fingerprint density at radius 2 is 0.891 bits per heavy atom. The van der Waals surface area contributed by atoms with Crippen molar-refractivity contribution >= 4 is 22.9 Å². The minimum Gasteiger partial charge on any atom is -0.438 e. The van der Waals surface area contributed by atoms with E-state index in [9.17, 15) is 0 Å². The van der Waals surface area contributed by atoms with Crippen molar-refractivity contribution in [3.05, 3.63) is 60.3 Å². The third-order valence-corrected chi connectivity index (χ3v) is 12.0. The van der Waals surface area contributed by atoms with Gasteiger partial charge in [-0.1, -0.05) is 224 Å². The van der Waals surface area contributed by atoms with Crippen molar-refractivity contribution < 1.29 is 13.7 Å². The van der Waals surface area contributed by atoms with Gasteiger partial charge in [0.15, 0.2) is 12.3 Å². The molecule has 1 aliphatic rings. The molecule has 1 aliphatic heterocycles. The van der Waals surface area contributed by atoms with Crippen molar-refractivity contribution in [3.63, 3.8) is 0 Å². The zero-order chi connectivity index (χ0) is 38.4. The van der Waals surface area contributed by atoms with Gasteiger partial charge in [-0.05, 0) is 31.0 Å². The van der Waals surface area contributed by atoms with E-state index in [4.69, 9.17) is 9.15 Å². The summed E-state index contributed by atoms with van der Waals surface area (Å²) >= 11 is 0. The van der Waals surface area contributed by atoms with Crippen molar-refractivity contribution in [3.8, 4) is 5.75 Å². The summed E-state index contributed by atoms with van der Waals surface area (Å²) in [5.74, 6) is 2.73. The molecular formula is C51H83N2O2+. The van der Waals surface area contributed by atoms with Crippen molar-refractivity contribution in [2.45, 2.75) is 226 Å². The van der Waals surface area contributed by atoms with Crippen LogP contribution >= 0.6 is 0 Å². The van der Waals surface area contributed by atoms with Crippen LogP contribution in [0.2, 0.25) is 0 Å². The fourth-order valence-electron chi connectivity index (χ4n) is 8.52. The fraction of sp³-hybridized carbons (Fsp3) is 0.706. The van der Waals surface area contributed by atoms with Crippen molar-refractivity contribution in [2.24, 2.45) is 0 Å². The number of hydrogen-bond donors (Lipinski definition) is 0. The summed E-state index contributed by atoms with van der Waals surface area (Å²) in [7, 11) is 0. The average Bonchev–Trinajstić information content (AvgIpc) is 3.74. The quantitative estimate of drug-likeness (QED) is 0.0442. The molecular weight excluding hydrogens is 673 g/mol. The topological polar surface area (TPSA) is 29.5 Å². The normalized spacial score (nSPS) is 13.3. The molecule has 2 heterocycles. The Morgan fingerprint density at radius 3 is 1.40 bits per heavy atom. The predicted octanol–water partition coefficient (Wildman–Crippen LogP) is 16.4. The lowest BCUT2D eigenvalue weighted by atomic mass is 10.0. The summed E-state index contributed by atoms with van der Waals surface area (Å²) in [4.78, 5) is 2.38. The highest BCUT2D eigenvalue weighted by atomic mass is 16.5. The number of hydrogen-bond acceptors (Lipinski definition) is 3.